The standard InChI is InChI=1S/C14H18F3NO2/c1-12(2,3)20-11(19)13(4,18)9-5-7-10(8-6-9)14(15,16)17/h5-8H,18H2,1-4H3. The van der Waals surface area contributed by atoms with E-state index >= 15 is 0 Å². The molecule has 20 heavy (non-hydrogen) atoms. The largest absolute Gasteiger partial charge is 0.458 e. The van der Waals surface area contributed by atoms with E-state index in [4.69, 9.17) is 10.5 Å². The second kappa shape index (κ2) is 5.09. The Morgan fingerprint density at radius 2 is 1.40 bits per heavy atom. The summed E-state index contributed by atoms with van der Waals surface area (Å²) >= 11 is 0. The average Bonchev–Trinajstić information content (AvgIpc) is 2.25. The molecular formula is C14H18F3NO2. The number of carbonyl (C=O) groups excluding carboxylic acids is 1. The molecule has 3 nitrogen and oxygen atoms in total. The van der Waals surface area contributed by atoms with E-state index in [-0.39, 0.29) is 5.56 Å². The molecule has 0 bridgehead atoms. The Bertz CT molecular complexity index is 485. The number of rotatable bonds is 2. The monoisotopic (exact) mass is 289 g/mol. The number of benzene rings is 1. The number of halogens is 3. The van der Waals surface area contributed by atoms with Crippen LogP contribution in [0, 0.1) is 0 Å². The predicted octanol–water partition coefficient (Wildman–Crippen LogP) is 3.22. The molecule has 0 saturated heterocycles. The van der Waals surface area contributed by atoms with Crippen LogP contribution in [-0.4, -0.2) is 11.6 Å². The van der Waals surface area contributed by atoms with E-state index in [9.17, 15) is 18.0 Å². The number of esters is 1. The summed E-state index contributed by atoms with van der Waals surface area (Å²) in [6.07, 6.45) is -4.42. The first-order valence-electron chi connectivity index (χ1n) is 6.04. The van der Waals surface area contributed by atoms with Crippen LogP contribution in [0.3, 0.4) is 0 Å². The molecule has 0 spiro atoms. The number of nitrogens with two attached hydrogens (primary N) is 1. The molecule has 1 atom stereocenters. The van der Waals surface area contributed by atoms with E-state index in [0.29, 0.717) is 0 Å². The summed E-state index contributed by atoms with van der Waals surface area (Å²) < 4.78 is 42.6. The van der Waals surface area contributed by atoms with Gasteiger partial charge in [-0.3, -0.25) is 0 Å². The molecule has 0 aliphatic rings. The molecule has 1 aromatic rings. The number of hydrogen-bond acceptors (Lipinski definition) is 3. The topological polar surface area (TPSA) is 52.3 Å². The number of alkyl halides is 3. The fourth-order valence-corrected chi connectivity index (χ4v) is 1.51. The first-order chi connectivity index (χ1) is 8.84. The summed E-state index contributed by atoms with van der Waals surface area (Å²) in [4.78, 5) is 12.0. The molecule has 0 saturated carbocycles. The van der Waals surface area contributed by atoms with Crippen LogP contribution < -0.4 is 5.73 Å². The maximum atomic E-state index is 12.5. The maximum absolute atomic E-state index is 12.5. The van der Waals surface area contributed by atoms with E-state index in [1.807, 2.05) is 0 Å². The minimum Gasteiger partial charge on any atom is -0.458 e. The van der Waals surface area contributed by atoms with E-state index in [0.717, 1.165) is 12.1 Å². The highest BCUT2D eigenvalue weighted by molar-refractivity contribution is 5.82. The van der Waals surface area contributed by atoms with Gasteiger partial charge in [0.05, 0.1) is 5.56 Å². The Labute approximate surface area is 115 Å². The highest BCUT2D eigenvalue weighted by Crippen LogP contribution is 2.31. The fraction of sp³-hybridized carbons (Fsp3) is 0.500. The molecule has 0 aliphatic carbocycles. The number of hydrogen-bond donors (Lipinski definition) is 1. The lowest BCUT2D eigenvalue weighted by molar-refractivity contribution is -0.161. The van der Waals surface area contributed by atoms with Crippen LogP contribution in [0.1, 0.15) is 38.8 Å². The van der Waals surface area contributed by atoms with Crippen LogP contribution >= 0.6 is 0 Å². The van der Waals surface area contributed by atoms with Crippen molar-refractivity contribution in [3.05, 3.63) is 35.4 Å². The van der Waals surface area contributed by atoms with Crippen LogP contribution in [0.15, 0.2) is 24.3 Å². The van der Waals surface area contributed by atoms with Crippen LogP contribution in [0.2, 0.25) is 0 Å². The molecule has 1 aromatic carbocycles. The van der Waals surface area contributed by atoms with Crippen LogP contribution in [-0.2, 0) is 21.2 Å². The molecule has 0 fully saturated rings. The molecule has 0 amide bonds. The van der Waals surface area contributed by atoms with Gasteiger partial charge in [0.25, 0.3) is 0 Å². The van der Waals surface area contributed by atoms with Crippen molar-refractivity contribution in [1.82, 2.24) is 0 Å². The van der Waals surface area contributed by atoms with Crippen molar-refractivity contribution in [1.29, 1.82) is 0 Å². The molecule has 2 N–H and O–H groups in total. The minimum absolute atomic E-state index is 0.264. The van der Waals surface area contributed by atoms with Gasteiger partial charge in [-0.1, -0.05) is 12.1 Å². The highest BCUT2D eigenvalue weighted by atomic mass is 19.4. The van der Waals surface area contributed by atoms with E-state index in [2.05, 4.69) is 0 Å². The smallest absolute Gasteiger partial charge is 0.416 e. The second-order valence-corrected chi connectivity index (χ2v) is 5.78. The normalized spacial score (nSPS) is 15.6. The van der Waals surface area contributed by atoms with Crippen molar-refractivity contribution in [2.45, 2.75) is 45.0 Å². The quantitative estimate of drug-likeness (QED) is 0.850. The summed E-state index contributed by atoms with van der Waals surface area (Å²) in [6, 6.07) is 4.16. The lowest BCUT2D eigenvalue weighted by atomic mass is 9.92. The van der Waals surface area contributed by atoms with Gasteiger partial charge in [0, 0.05) is 0 Å². The summed E-state index contributed by atoms with van der Waals surface area (Å²) in [5, 5.41) is 0. The zero-order valence-electron chi connectivity index (χ0n) is 11.8. The van der Waals surface area contributed by atoms with Gasteiger partial charge in [0.15, 0.2) is 0 Å². The van der Waals surface area contributed by atoms with Crippen LogP contribution in [0.4, 0.5) is 13.2 Å². The van der Waals surface area contributed by atoms with E-state index < -0.39 is 28.8 Å². The molecule has 6 heteroatoms. The lowest BCUT2D eigenvalue weighted by Gasteiger charge is -2.28. The van der Waals surface area contributed by atoms with Gasteiger partial charge in [0.2, 0.25) is 0 Å². The van der Waals surface area contributed by atoms with Gasteiger partial charge in [-0.2, -0.15) is 13.2 Å². The van der Waals surface area contributed by atoms with Crippen molar-refractivity contribution in [3.8, 4) is 0 Å². The van der Waals surface area contributed by atoms with Gasteiger partial charge < -0.3 is 10.5 Å². The SMILES string of the molecule is CC(C)(C)OC(=O)C(C)(N)c1ccc(C(F)(F)F)cc1. The van der Waals surface area contributed by atoms with Gasteiger partial charge in [0.1, 0.15) is 11.1 Å². The van der Waals surface area contributed by atoms with Crippen LogP contribution in [0.25, 0.3) is 0 Å². The van der Waals surface area contributed by atoms with E-state index in [1.165, 1.54) is 19.1 Å². The van der Waals surface area contributed by atoms with Crippen molar-refractivity contribution in [2.24, 2.45) is 5.73 Å². The minimum atomic E-state index is -4.42. The Morgan fingerprint density at radius 3 is 1.75 bits per heavy atom. The summed E-state index contributed by atoms with van der Waals surface area (Å²) in [5.41, 5.74) is 3.14. The van der Waals surface area contributed by atoms with Gasteiger partial charge >= 0.3 is 12.1 Å². The average molecular weight is 289 g/mol. The molecule has 1 rings (SSSR count). The summed E-state index contributed by atoms with van der Waals surface area (Å²) in [7, 11) is 0. The lowest BCUT2D eigenvalue weighted by Crippen LogP contribution is -2.45. The molecule has 1 unspecified atom stereocenters. The Balaban J connectivity index is 3.01. The third-order valence-electron chi connectivity index (χ3n) is 2.63. The van der Waals surface area contributed by atoms with Gasteiger partial charge in [-0.25, -0.2) is 4.79 Å². The Hall–Kier alpha value is -1.56. The third kappa shape index (κ3) is 3.96. The maximum Gasteiger partial charge on any atom is 0.416 e. The summed E-state index contributed by atoms with van der Waals surface area (Å²) in [6.45, 7) is 6.47. The highest BCUT2D eigenvalue weighted by Gasteiger charge is 2.36. The zero-order valence-corrected chi connectivity index (χ0v) is 11.8. The zero-order chi connectivity index (χ0) is 15.8. The molecule has 0 aliphatic heterocycles. The van der Waals surface area contributed by atoms with Crippen molar-refractivity contribution < 1.29 is 22.7 Å². The molecular weight excluding hydrogens is 271 g/mol. The molecule has 0 heterocycles. The van der Waals surface area contributed by atoms with Gasteiger partial charge in [-0.15, -0.1) is 0 Å². The molecule has 0 radical (unpaired) electrons. The Morgan fingerprint density at radius 1 is 1.00 bits per heavy atom. The molecule has 112 valence electrons. The molecule has 0 aromatic heterocycles. The van der Waals surface area contributed by atoms with E-state index in [1.54, 1.807) is 20.8 Å². The number of ether oxygens (including phenoxy) is 1. The number of carbonyl (C=O) groups is 1. The summed E-state index contributed by atoms with van der Waals surface area (Å²) in [5.74, 6) is -0.690. The van der Waals surface area contributed by atoms with Gasteiger partial charge in [-0.05, 0) is 45.4 Å². The Kier molecular flexibility index (Phi) is 4.20. The predicted molar refractivity (Wildman–Crippen MR) is 68.8 cm³/mol. The fourth-order valence-electron chi connectivity index (χ4n) is 1.51. The third-order valence-corrected chi connectivity index (χ3v) is 2.63. The van der Waals surface area contributed by atoms with Crippen molar-refractivity contribution in [3.63, 3.8) is 0 Å². The van der Waals surface area contributed by atoms with Crippen molar-refractivity contribution in [2.75, 3.05) is 0 Å². The van der Waals surface area contributed by atoms with Crippen LogP contribution in [0.5, 0.6) is 0 Å². The second-order valence-electron chi connectivity index (χ2n) is 5.78. The first kappa shape index (κ1) is 16.5. The van der Waals surface area contributed by atoms with Crippen molar-refractivity contribution >= 4 is 5.97 Å². The first-order valence-corrected chi connectivity index (χ1v) is 6.04.